The van der Waals surface area contributed by atoms with Crippen LogP contribution in [0.15, 0.2) is 60.7 Å². The number of benzene rings is 2. The molecule has 3 heteroatoms. The van der Waals surface area contributed by atoms with E-state index >= 15 is 0 Å². The van der Waals surface area contributed by atoms with Gasteiger partial charge in [0.1, 0.15) is 0 Å². The number of hydrogen-bond donors (Lipinski definition) is 0. The minimum absolute atomic E-state index is 0. The van der Waals surface area contributed by atoms with Gasteiger partial charge in [-0.25, -0.2) is 12.2 Å². The van der Waals surface area contributed by atoms with Crippen LogP contribution in [0.5, 0.6) is 0 Å². The number of fused-ring (bicyclic) bond motifs is 3. The molecule has 0 nitrogen and oxygen atoms in total. The van der Waals surface area contributed by atoms with E-state index in [2.05, 4.69) is 68.5 Å². The summed E-state index contributed by atoms with van der Waals surface area (Å²) in [7, 11) is 0. The molecule has 0 N–H and O–H groups in total. The molecule has 0 bridgehead atoms. The smallest absolute Gasteiger partial charge is 0.0175 e. The molecule has 0 aliphatic heterocycles. The van der Waals surface area contributed by atoms with Gasteiger partial charge in [0.25, 0.3) is 0 Å². The predicted octanol–water partition coefficient (Wildman–Crippen LogP) is 3.87. The fourth-order valence-corrected chi connectivity index (χ4v) is 5.75. The van der Waals surface area contributed by atoms with Crippen molar-refractivity contribution in [1.82, 2.24) is 0 Å². The molecule has 2 fully saturated rings. The molecule has 192 valence electrons. The second-order valence-electron chi connectivity index (χ2n) is 10.5. The van der Waals surface area contributed by atoms with Crippen molar-refractivity contribution in [1.29, 1.82) is 0 Å². The number of hydrogen-bond acceptors (Lipinski definition) is 0. The Bertz CT molecular complexity index is 1050. The first-order valence-corrected chi connectivity index (χ1v) is 14.7. The van der Waals surface area contributed by atoms with Crippen LogP contribution in [0.2, 0.25) is 0 Å². The molecule has 3 aliphatic rings. The van der Waals surface area contributed by atoms with E-state index in [0.29, 0.717) is 0 Å². The number of allylic oxidation sites excluding steroid dienone is 4. The molecule has 3 aromatic rings. The van der Waals surface area contributed by atoms with Crippen molar-refractivity contribution in [2.45, 2.75) is 96.3 Å². The molecule has 0 radical (unpaired) electrons. The molecule has 0 atom stereocenters. The van der Waals surface area contributed by atoms with E-state index in [1.165, 1.54) is 89.0 Å². The average molecular weight is 599 g/mol. The third-order valence-corrected chi connectivity index (χ3v) is 7.49. The van der Waals surface area contributed by atoms with Crippen LogP contribution in [0.3, 0.4) is 0 Å². The third kappa shape index (κ3) is 8.86. The van der Waals surface area contributed by atoms with E-state index in [1.54, 1.807) is 35.4 Å². The monoisotopic (exact) mass is 596 g/mol. The quantitative estimate of drug-likeness (QED) is 0.393. The number of rotatable bonds is 2. The number of halogens is 2. The van der Waals surface area contributed by atoms with Crippen LogP contribution < -0.4 is 24.8 Å². The van der Waals surface area contributed by atoms with Gasteiger partial charge in [-0.15, -0.1) is 46.2 Å². The zero-order valence-electron chi connectivity index (χ0n) is 22.0. The van der Waals surface area contributed by atoms with E-state index in [1.807, 2.05) is 12.2 Å². The fourth-order valence-electron chi connectivity index (χ4n) is 5.75. The Labute approximate surface area is 246 Å². The maximum Gasteiger partial charge on any atom is -0.0175 e. The molecule has 0 unspecified atom stereocenters. The third-order valence-electron chi connectivity index (χ3n) is 7.49. The van der Waals surface area contributed by atoms with Gasteiger partial charge in [-0.05, 0) is 37.5 Å². The Balaban J connectivity index is 0.000000357. The van der Waals surface area contributed by atoms with Gasteiger partial charge in [0, 0.05) is 0 Å². The zero-order chi connectivity index (χ0) is 23.8. The molecule has 0 aromatic heterocycles. The predicted molar refractivity (Wildman–Crippen MR) is 147 cm³/mol. The van der Waals surface area contributed by atoms with Crippen molar-refractivity contribution in [3.63, 3.8) is 0 Å². The Morgan fingerprint density at radius 1 is 0.750 bits per heavy atom. The molecule has 0 heterocycles. The van der Waals surface area contributed by atoms with Gasteiger partial charge in [-0.1, -0.05) is 73.9 Å². The first kappa shape index (κ1) is 31.3. The summed E-state index contributed by atoms with van der Waals surface area (Å²) in [6.07, 6.45) is 24.1. The summed E-state index contributed by atoms with van der Waals surface area (Å²) in [6.45, 7) is 4.25. The second-order valence-corrected chi connectivity index (χ2v) is 13.0. The van der Waals surface area contributed by atoms with Crippen LogP contribution in [0.1, 0.15) is 107 Å². The summed E-state index contributed by atoms with van der Waals surface area (Å²) in [5, 5.41) is 5.84. The topological polar surface area (TPSA) is 0 Å². The molecule has 0 spiro atoms. The van der Waals surface area contributed by atoms with E-state index in [9.17, 15) is 0 Å². The Morgan fingerprint density at radius 2 is 1.19 bits per heavy atom. The minimum atomic E-state index is 0. The van der Waals surface area contributed by atoms with E-state index in [4.69, 9.17) is 0 Å². The van der Waals surface area contributed by atoms with Crippen molar-refractivity contribution in [2.75, 3.05) is 0 Å². The largest absolute Gasteiger partial charge is 1.00 e. The van der Waals surface area contributed by atoms with Crippen LogP contribution in [-0.4, -0.2) is 3.21 Å². The summed E-state index contributed by atoms with van der Waals surface area (Å²) < 4.78 is 1.51. The van der Waals surface area contributed by atoms with Crippen LogP contribution in [0.4, 0.5) is 0 Å². The van der Waals surface area contributed by atoms with Crippen LogP contribution in [0, 0.1) is 6.08 Å². The zero-order valence-corrected chi connectivity index (χ0v) is 25.9. The summed E-state index contributed by atoms with van der Waals surface area (Å²) in [6, 6.07) is 17.0. The first-order valence-electron chi connectivity index (χ1n) is 13.5. The maximum absolute atomic E-state index is 2.99. The molecule has 3 aromatic carbocycles. The molecule has 6 rings (SSSR count). The summed E-state index contributed by atoms with van der Waals surface area (Å²) in [5.74, 6) is 1.59. The van der Waals surface area contributed by atoms with Crippen molar-refractivity contribution in [2.24, 2.45) is 0 Å². The van der Waals surface area contributed by atoms with Gasteiger partial charge in [0.15, 0.2) is 0 Å². The average Bonchev–Trinajstić information content (AvgIpc) is 3.56. The van der Waals surface area contributed by atoms with Crippen LogP contribution in [0.25, 0.3) is 21.5 Å². The molecular formula is C33H40Cl2Zr-2. The summed E-state index contributed by atoms with van der Waals surface area (Å²) in [4.78, 5) is 0. The van der Waals surface area contributed by atoms with E-state index in [-0.39, 0.29) is 24.8 Å². The van der Waals surface area contributed by atoms with Crippen LogP contribution >= 0.6 is 0 Å². The molecule has 36 heavy (non-hydrogen) atoms. The second kappa shape index (κ2) is 16.2. The van der Waals surface area contributed by atoms with Gasteiger partial charge in [-0.3, -0.25) is 6.08 Å². The minimum Gasteiger partial charge on any atom is -1.00 e. The van der Waals surface area contributed by atoms with Crippen molar-refractivity contribution in [3.05, 3.63) is 77.9 Å². The van der Waals surface area contributed by atoms with Crippen molar-refractivity contribution < 1.29 is 49.0 Å². The van der Waals surface area contributed by atoms with E-state index in [0.717, 1.165) is 18.3 Å². The summed E-state index contributed by atoms with van der Waals surface area (Å²) >= 11 is 1.55. The SMILES string of the molecule is C[C](C)=[Zr+2].[C-]1=CC=CC1.[Cl-].[Cl-].c1cc2[cH-]c3ccc(C4CCCCC4)cc3c2cc1C1CCCCC1. The van der Waals surface area contributed by atoms with Gasteiger partial charge in [-0.2, -0.15) is 6.08 Å². The Kier molecular flexibility index (Phi) is 14.1. The van der Waals surface area contributed by atoms with Crippen LogP contribution in [-0.2, 0) is 24.2 Å². The van der Waals surface area contributed by atoms with Gasteiger partial charge < -0.3 is 24.8 Å². The molecule has 2 saturated carbocycles. The van der Waals surface area contributed by atoms with Gasteiger partial charge in [0.2, 0.25) is 0 Å². The van der Waals surface area contributed by atoms with Gasteiger partial charge in [0.05, 0.1) is 0 Å². The standard InChI is InChI=1S/C25H29.C5H5.C3H6.2ClH.Zr/c1-3-7-18(8-4-1)20-11-13-22-15-23-14-12-21(17-25(23)24(22)16-20)19-9-5-2-6-10-19;1-2-4-5-3-1;1-3-2;;;/h11-19H,1-10H2;1-3H,4H2;1-2H3;2*1H;/q2*-1;;;;+2/p-2. The maximum atomic E-state index is 2.99. The molecular weight excluding hydrogens is 558 g/mol. The summed E-state index contributed by atoms with van der Waals surface area (Å²) in [5.41, 5.74) is 3.17. The first-order chi connectivity index (χ1) is 16.6. The normalized spacial score (nSPS) is 17.4. The molecule has 0 amide bonds. The van der Waals surface area contributed by atoms with E-state index < -0.39 is 0 Å². The Morgan fingerprint density at radius 3 is 1.53 bits per heavy atom. The molecule has 0 saturated heterocycles. The van der Waals surface area contributed by atoms with Crippen molar-refractivity contribution >= 4 is 24.8 Å². The van der Waals surface area contributed by atoms with Crippen molar-refractivity contribution in [3.8, 4) is 0 Å². The Hall–Kier alpha value is -0.877. The fraction of sp³-hybridized carbons (Fsp3) is 0.455. The molecule has 3 aliphatic carbocycles. The van der Waals surface area contributed by atoms with Gasteiger partial charge >= 0.3 is 41.3 Å².